The van der Waals surface area contributed by atoms with Gasteiger partial charge in [-0.3, -0.25) is 9.59 Å². The summed E-state index contributed by atoms with van der Waals surface area (Å²) in [6.07, 6.45) is 6.00. The molecule has 1 aliphatic heterocycles. The van der Waals surface area contributed by atoms with E-state index in [-0.39, 0.29) is 17.7 Å². The molecule has 5 rings (SSSR count). The molecule has 33 heavy (non-hydrogen) atoms. The number of nitrogens with one attached hydrogen (secondary N) is 1. The van der Waals surface area contributed by atoms with Crippen LogP contribution < -0.4 is 5.32 Å². The lowest BCUT2D eigenvalue weighted by atomic mass is 9.94. The summed E-state index contributed by atoms with van der Waals surface area (Å²) in [5, 5.41) is 7.03. The molecule has 3 aromatic rings. The van der Waals surface area contributed by atoms with Crippen LogP contribution in [0, 0.1) is 12.8 Å². The van der Waals surface area contributed by atoms with Gasteiger partial charge in [-0.2, -0.15) is 4.98 Å². The molecule has 1 unspecified atom stereocenters. The van der Waals surface area contributed by atoms with Gasteiger partial charge >= 0.3 is 0 Å². The van der Waals surface area contributed by atoms with Crippen LogP contribution in [0.1, 0.15) is 44.1 Å². The number of amides is 2. The quantitative estimate of drug-likeness (QED) is 0.609. The van der Waals surface area contributed by atoms with Crippen molar-refractivity contribution in [2.75, 3.05) is 11.9 Å². The van der Waals surface area contributed by atoms with Crippen molar-refractivity contribution >= 4 is 17.5 Å². The first-order valence-electron chi connectivity index (χ1n) is 11.7. The van der Waals surface area contributed by atoms with Gasteiger partial charge in [0.2, 0.25) is 17.6 Å². The molecule has 2 aliphatic rings. The third-order valence-electron chi connectivity index (χ3n) is 6.68. The summed E-state index contributed by atoms with van der Waals surface area (Å²) in [5.74, 6) is 0.669. The second kappa shape index (κ2) is 9.17. The molecule has 170 valence electrons. The first kappa shape index (κ1) is 21.4. The largest absolute Gasteiger partial charge is 0.339 e. The molecule has 1 aromatic heterocycles. The molecule has 2 fully saturated rings. The fourth-order valence-electron chi connectivity index (χ4n) is 4.75. The van der Waals surface area contributed by atoms with Crippen LogP contribution in [0.4, 0.5) is 5.69 Å². The van der Waals surface area contributed by atoms with Gasteiger partial charge in [-0.15, -0.1) is 0 Å². The molecule has 7 heteroatoms. The Morgan fingerprint density at radius 3 is 2.42 bits per heavy atom. The molecule has 2 heterocycles. The number of anilines is 1. The van der Waals surface area contributed by atoms with E-state index in [1.807, 2.05) is 60.4 Å². The summed E-state index contributed by atoms with van der Waals surface area (Å²) < 4.78 is 5.43. The molecule has 0 spiro atoms. The van der Waals surface area contributed by atoms with Gasteiger partial charge in [-0.1, -0.05) is 54.2 Å². The van der Waals surface area contributed by atoms with Gasteiger partial charge in [0.05, 0.1) is 5.92 Å². The number of nitrogens with zero attached hydrogens (tertiary/aromatic N) is 3. The smallest absolute Gasteiger partial charge is 0.258 e. The summed E-state index contributed by atoms with van der Waals surface area (Å²) in [4.78, 5) is 31.7. The summed E-state index contributed by atoms with van der Waals surface area (Å²) >= 11 is 0. The van der Waals surface area contributed by atoms with Crippen molar-refractivity contribution in [3.05, 3.63) is 54.1 Å². The number of benzene rings is 2. The highest BCUT2D eigenvalue weighted by Crippen LogP contribution is 2.29. The lowest BCUT2D eigenvalue weighted by Crippen LogP contribution is -2.38. The second-order valence-electron chi connectivity index (χ2n) is 9.09. The SMILES string of the molecule is Cc1ccc(-c2noc(-c3ccc(NC(=O)C4CC(=O)N(C5CCCCC5)C4)cc3)n2)cc1. The van der Waals surface area contributed by atoms with Gasteiger partial charge < -0.3 is 14.7 Å². The number of hydrogen-bond acceptors (Lipinski definition) is 5. The van der Waals surface area contributed by atoms with Crippen LogP contribution in [-0.4, -0.2) is 39.4 Å². The van der Waals surface area contributed by atoms with Crippen LogP contribution in [0.2, 0.25) is 0 Å². The molecule has 2 amide bonds. The maximum Gasteiger partial charge on any atom is 0.258 e. The Balaban J connectivity index is 1.21. The second-order valence-corrected chi connectivity index (χ2v) is 9.09. The van der Waals surface area contributed by atoms with E-state index in [0.717, 1.165) is 24.0 Å². The van der Waals surface area contributed by atoms with Gasteiger partial charge in [0.1, 0.15) is 0 Å². The third-order valence-corrected chi connectivity index (χ3v) is 6.68. The normalized spacial score (nSPS) is 19.1. The zero-order chi connectivity index (χ0) is 22.8. The van der Waals surface area contributed by atoms with Crippen LogP contribution in [0.25, 0.3) is 22.8 Å². The molecule has 2 aromatic carbocycles. The van der Waals surface area contributed by atoms with Crippen molar-refractivity contribution in [3.8, 4) is 22.8 Å². The minimum absolute atomic E-state index is 0.103. The van der Waals surface area contributed by atoms with Gasteiger partial charge in [0.15, 0.2) is 0 Å². The molecule has 1 saturated carbocycles. The monoisotopic (exact) mass is 444 g/mol. The van der Waals surface area contributed by atoms with Crippen molar-refractivity contribution in [2.24, 2.45) is 5.92 Å². The zero-order valence-electron chi connectivity index (χ0n) is 18.8. The summed E-state index contributed by atoms with van der Waals surface area (Å²) in [7, 11) is 0. The Hall–Kier alpha value is -3.48. The minimum Gasteiger partial charge on any atom is -0.339 e. The van der Waals surface area contributed by atoms with E-state index in [2.05, 4.69) is 15.5 Å². The van der Waals surface area contributed by atoms with Crippen molar-refractivity contribution in [1.29, 1.82) is 0 Å². The highest BCUT2D eigenvalue weighted by Gasteiger charge is 2.38. The standard InChI is InChI=1S/C26H28N4O3/c1-17-7-9-18(10-8-17)24-28-26(33-29-24)19-11-13-21(14-12-19)27-25(32)20-15-23(31)30(16-20)22-5-3-2-4-6-22/h7-14,20,22H,2-6,15-16H2,1H3,(H,27,32). The molecule has 1 aliphatic carbocycles. The Bertz CT molecular complexity index is 1130. The fraction of sp³-hybridized carbons (Fsp3) is 0.385. The van der Waals surface area contributed by atoms with Crippen molar-refractivity contribution in [1.82, 2.24) is 15.0 Å². The minimum atomic E-state index is -0.299. The Morgan fingerprint density at radius 2 is 1.70 bits per heavy atom. The van der Waals surface area contributed by atoms with Gasteiger partial charge in [0, 0.05) is 35.8 Å². The van der Waals surface area contributed by atoms with Crippen LogP contribution in [0.15, 0.2) is 53.1 Å². The van der Waals surface area contributed by atoms with Crippen molar-refractivity contribution in [2.45, 2.75) is 51.5 Å². The average Bonchev–Trinajstić information content (AvgIpc) is 3.48. The Labute approximate surface area is 193 Å². The van der Waals surface area contributed by atoms with E-state index in [1.54, 1.807) is 0 Å². The molecule has 1 atom stereocenters. The molecule has 7 nitrogen and oxygen atoms in total. The van der Waals surface area contributed by atoms with E-state index in [9.17, 15) is 9.59 Å². The van der Waals surface area contributed by atoms with Crippen molar-refractivity contribution in [3.63, 3.8) is 0 Å². The molecule has 1 N–H and O–H groups in total. The number of aryl methyl sites for hydroxylation is 1. The Kier molecular flexibility index (Phi) is 5.94. The summed E-state index contributed by atoms with van der Waals surface area (Å²) in [5.41, 5.74) is 3.53. The predicted molar refractivity (Wildman–Crippen MR) is 125 cm³/mol. The van der Waals surface area contributed by atoms with Crippen LogP contribution >= 0.6 is 0 Å². The molecule has 0 bridgehead atoms. The number of aromatic nitrogens is 2. The zero-order valence-corrected chi connectivity index (χ0v) is 18.8. The van der Waals surface area contributed by atoms with E-state index < -0.39 is 0 Å². The van der Waals surface area contributed by atoms with E-state index >= 15 is 0 Å². The fourth-order valence-corrected chi connectivity index (χ4v) is 4.75. The first-order chi connectivity index (χ1) is 16.1. The third kappa shape index (κ3) is 4.67. The number of carbonyl (C=O) groups is 2. The van der Waals surface area contributed by atoms with Gasteiger partial charge in [-0.05, 0) is 44.0 Å². The van der Waals surface area contributed by atoms with Gasteiger partial charge in [-0.25, -0.2) is 0 Å². The average molecular weight is 445 g/mol. The maximum atomic E-state index is 12.8. The lowest BCUT2D eigenvalue weighted by molar-refractivity contribution is -0.130. The van der Waals surface area contributed by atoms with Crippen LogP contribution in [-0.2, 0) is 9.59 Å². The lowest BCUT2D eigenvalue weighted by Gasteiger charge is -2.31. The van der Waals surface area contributed by atoms with E-state index in [1.165, 1.54) is 24.8 Å². The summed E-state index contributed by atoms with van der Waals surface area (Å²) in [6.45, 7) is 2.56. The molecular weight excluding hydrogens is 416 g/mol. The summed E-state index contributed by atoms with van der Waals surface area (Å²) in [6, 6.07) is 15.6. The molecule has 0 radical (unpaired) electrons. The number of likely N-dealkylation sites (tertiary alicyclic amines) is 1. The van der Waals surface area contributed by atoms with Crippen LogP contribution in [0.3, 0.4) is 0 Å². The number of rotatable bonds is 5. The predicted octanol–water partition coefficient (Wildman–Crippen LogP) is 4.83. The van der Waals surface area contributed by atoms with Crippen LogP contribution in [0.5, 0.6) is 0 Å². The topological polar surface area (TPSA) is 88.3 Å². The highest BCUT2D eigenvalue weighted by molar-refractivity contribution is 5.97. The molecule has 1 saturated heterocycles. The Morgan fingerprint density at radius 1 is 1.00 bits per heavy atom. The van der Waals surface area contributed by atoms with E-state index in [4.69, 9.17) is 4.52 Å². The highest BCUT2D eigenvalue weighted by atomic mass is 16.5. The molecular formula is C26H28N4O3. The number of hydrogen-bond donors (Lipinski definition) is 1. The maximum absolute atomic E-state index is 12.8. The first-order valence-corrected chi connectivity index (χ1v) is 11.7. The van der Waals surface area contributed by atoms with Gasteiger partial charge in [0.25, 0.3) is 5.89 Å². The number of carbonyl (C=O) groups excluding carboxylic acids is 2. The van der Waals surface area contributed by atoms with E-state index in [0.29, 0.717) is 36.4 Å². The van der Waals surface area contributed by atoms with Crippen molar-refractivity contribution < 1.29 is 14.1 Å².